The van der Waals surface area contributed by atoms with E-state index in [1.54, 1.807) is 25.4 Å². The van der Waals surface area contributed by atoms with Gasteiger partial charge in [0, 0.05) is 39.8 Å². The summed E-state index contributed by atoms with van der Waals surface area (Å²) in [6, 6.07) is 4.69. The van der Waals surface area contributed by atoms with Gasteiger partial charge in [-0.05, 0) is 44.2 Å². The Balaban J connectivity index is 0.00000312. The molecule has 1 aliphatic rings. The minimum atomic E-state index is -0.477. The molecule has 0 bridgehead atoms. The molecule has 3 N–H and O–H groups in total. The lowest BCUT2D eigenvalue weighted by Gasteiger charge is -2.34. The second-order valence-corrected chi connectivity index (χ2v) is 7.67. The average molecular weight is 479 g/mol. The Morgan fingerprint density at radius 1 is 1.40 bits per heavy atom. The van der Waals surface area contributed by atoms with Gasteiger partial charge in [-0.15, -0.1) is 35.3 Å². The van der Waals surface area contributed by atoms with E-state index in [0.717, 1.165) is 31.9 Å². The summed E-state index contributed by atoms with van der Waals surface area (Å²) < 4.78 is 0. The van der Waals surface area contributed by atoms with Crippen molar-refractivity contribution in [3.63, 3.8) is 0 Å². The molecule has 8 heteroatoms. The SMILES string of the molecule is CN=C(NCC(C)(C)C(=O)NC)NC1CCN(c2cccs2)CC1.I. The minimum absolute atomic E-state index is 0. The maximum Gasteiger partial charge on any atom is 0.227 e. The largest absolute Gasteiger partial charge is 0.363 e. The third kappa shape index (κ3) is 6.32. The van der Waals surface area contributed by atoms with Gasteiger partial charge in [-0.25, -0.2) is 0 Å². The standard InChI is InChI=1S/C17H29N5OS.HI/c1-17(2,15(23)18-3)12-20-16(19-4)21-13-7-9-22(10-8-13)14-6-5-11-24-14;/h5-6,11,13H,7-10,12H2,1-4H3,(H,18,23)(H2,19,20,21);1H. The van der Waals surface area contributed by atoms with Gasteiger partial charge in [0.2, 0.25) is 5.91 Å². The molecule has 2 rings (SSSR count). The molecule has 142 valence electrons. The number of carbonyl (C=O) groups is 1. The van der Waals surface area contributed by atoms with E-state index in [1.165, 1.54) is 5.00 Å². The van der Waals surface area contributed by atoms with Gasteiger partial charge in [-0.3, -0.25) is 9.79 Å². The van der Waals surface area contributed by atoms with Crippen molar-refractivity contribution in [2.45, 2.75) is 32.7 Å². The minimum Gasteiger partial charge on any atom is -0.363 e. The monoisotopic (exact) mass is 479 g/mol. The Kier molecular flexibility index (Phi) is 8.98. The highest BCUT2D eigenvalue weighted by atomic mass is 127. The zero-order chi connectivity index (χ0) is 17.6. The molecule has 0 radical (unpaired) electrons. The lowest BCUT2D eigenvalue weighted by Crippen LogP contribution is -2.51. The number of nitrogens with zero attached hydrogens (tertiary/aromatic N) is 2. The van der Waals surface area contributed by atoms with Crippen molar-refractivity contribution in [3.05, 3.63) is 17.5 Å². The van der Waals surface area contributed by atoms with E-state index in [1.807, 2.05) is 13.8 Å². The van der Waals surface area contributed by atoms with Crippen molar-refractivity contribution in [1.29, 1.82) is 0 Å². The molecule has 6 nitrogen and oxygen atoms in total. The highest BCUT2D eigenvalue weighted by Crippen LogP contribution is 2.24. The van der Waals surface area contributed by atoms with Crippen LogP contribution in [0.15, 0.2) is 22.5 Å². The van der Waals surface area contributed by atoms with Gasteiger partial charge in [0.1, 0.15) is 0 Å². The summed E-state index contributed by atoms with van der Waals surface area (Å²) in [6.45, 7) is 6.50. The summed E-state index contributed by atoms with van der Waals surface area (Å²) in [5.41, 5.74) is -0.477. The number of hydrogen-bond donors (Lipinski definition) is 3. The summed E-state index contributed by atoms with van der Waals surface area (Å²) in [4.78, 5) is 18.6. The Labute approximate surface area is 171 Å². The van der Waals surface area contributed by atoms with E-state index >= 15 is 0 Å². The van der Waals surface area contributed by atoms with Crippen molar-refractivity contribution >= 4 is 52.2 Å². The van der Waals surface area contributed by atoms with Crippen LogP contribution in [0, 0.1) is 5.41 Å². The number of guanidine groups is 1. The lowest BCUT2D eigenvalue weighted by atomic mass is 9.92. The van der Waals surface area contributed by atoms with E-state index in [9.17, 15) is 4.79 Å². The summed E-state index contributed by atoms with van der Waals surface area (Å²) in [7, 11) is 3.43. The van der Waals surface area contributed by atoms with Gasteiger partial charge in [0.15, 0.2) is 5.96 Å². The number of anilines is 1. The van der Waals surface area contributed by atoms with Crippen LogP contribution in [0.5, 0.6) is 0 Å². The first-order chi connectivity index (χ1) is 11.5. The van der Waals surface area contributed by atoms with Crippen LogP contribution < -0.4 is 20.9 Å². The predicted molar refractivity (Wildman–Crippen MR) is 117 cm³/mol. The number of rotatable bonds is 5. The Hall–Kier alpha value is -1.03. The number of carbonyl (C=O) groups excluding carboxylic acids is 1. The second-order valence-electron chi connectivity index (χ2n) is 6.75. The molecule has 1 amide bonds. The lowest BCUT2D eigenvalue weighted by molar-refractivity contribution is -0.128. The summed E-state index contributed by atoms with van der Waals surface area (Å²) in [5.74, 6) is 0.788. The van der Waals surface area contributed by atoms with Crippen LogP contribution >= 0.6 is 35.3 Å². The number of halogens is 1. The maximum atomic E-state index is 11.9. The molecule has 1 aromatic heterocycles. The van der Waals surface area contributed by atoms with Crippen LogP contribution in [0.4, 0.5) is 5.00 Å². The average Bonchev–Trinajstić information content (AvgIpc) is 3.13. The van der Waals surface area contributed by atoms with Gasteiger partial charge in [-0.2, -0.15) is 0 Å². The third-order valence-electron chi connectivity index (χ3n) is 4.42. The van der Waals surface area contributed by atoms with E-state index in [4.69, 9.17) is 0 Å². The van der Waals surface area contributed by atoms with E-state index in [0.29, 0.717) is 12.6 Å². The van der Waals surface area contributed by atoms with Crippen molar-refractivity contribution in [2.75, 3.05) is 38.6 Å². The summed E-state index contributed by atoms with van der Waals surface area (Å²) >= 11 is 1.80. The molecule has 1 saturated heterocycles. The number of piperidine rings is 1. The van der Waals surface area contributed by atoms with Crippen molar-refractivity contribution in [2.24, 2.45) is 10.4 Å². The summed E-state index contributed by atoms with van der Waals surface area (Å²) in [6.07, 6.45) is 2.16. The van der Waals surface area contributed by atoms with Crippen LogP contribution in [0.2, 0.25) is 0 Å². The fraction of sp³-hybridized carbons (Fsp3) is 0.647. The molecule has 0 atom stereocenters. The van der Waals surface area contributed by atoms with Crippen molar-refractivity contribution in [3.8, 4) is 0 Å². The van der Waals surface area contributed by atoms with Crippen molar-refractivity contribution < 1.29 is 4.79 Å². The third-order valence-corrected chi connectivity index (χ3v) is 5.35. The van der Waals surface area contributed by atoms with Crippen LogP contribution in [-0.4, -0.2) is 51.6 Å². The van der Waals surface area contributed by atoms with Gasteiger partial charge in [0.25, 0.3) is 0 Å². The van der Waals surface area contributed by atoms with Crippen LogP contribution in [0.1, 0.15) is 26.7 Å². The molecule has 0 aromatic carbocycles. The quantitative estimate of drug-likeness (QED) is 0.345. The van der Waals surface area contributed by atoms with E-state index in [2.05, 4.69) is 43.4 Å². The van der Waals surface area contributed by atoms with Gasteiger partial charge < -0.3 is 20.9 Å². The smallest absolute Gasteiger partial charge is 0.227 e. The maximum absolute atomic E-state index is 11.9. The van der Waals surface area contributed by atoms with Gasteiger partial charge in [0.05, 0.1) is 10.4 Å². The molecule has 1 fully saturated rings. The topological polar surface area (TPSA) is 68.8 Å². The molecule has 2 heterocycles. The van der Waals surface area contributed by atoms with E-state index < -0.39 is 5.41 Å². The summed E-state index contributed by atoms with van der Waals surface area (Å²) in [5, 5.41) is 12.9. The first-order valence-electron chi connectivity index (χ1n) is 8.44. The fourth-order valence-corrected chi connectivity index (χ4v) is 3.59. The van der Waals surface area contributed by atoms with E-state index in [-0.39, 0.29) is 29.9 Å². The number of amides is 1. The van der Waals surface area contributed by atoms with Gasteiger partial charge in [-0.1, -0.05) is 0 Å². The second kappa shape index (κ2) is 10.2. The molecule has 0 aliphatic carbocycles. The molecule has 0 spiro atoms. The number of hydrogen-bond acceptors (Lipinski definition) is 4. The van der Waals surface area contributed by atoms with Crippen LogP contribution in [0.3, 0.4) is 0 Å². The van der Waals surface area contributed by atoms with Crippen LogP contribution in [0.25, 0.3) is 0 Å². The highest BCUT2D eigenvalue weighted by molar-refractivity contribution is 14.0. The normalized spacial score (nSPS) is 16.2. The number of thiophene rings is 1. The molecule has 25 heavy (non-hydrogen) atoms. The Morgan fingerprint density at radius 2 is 2.08 bits per heavy atom. The zero-order valence-corrected chi connectivity index (χ0v) is 18.6. The Morgan fingerprint density at radius 3 is 2.60 bits per heavy atom. The molecule has 0 saturated carbocycles. The first-order valence-corrected chi connectivity index (χ1v) is 9.32. The van der Waals surface area contributed by atoms with Crippen LogP contribution in [-0.2, 0) is 4.79 Å². The molecule has 1 aromatic rings. The van der Waals surface area contributed by atoms with Gasteiger partial charge >= 0.3 is 0 Å². The molecule has 1 aliphatic heterocycles. The van der Waals surface area contributed by atoms with Crippen molar-refractivity contribution in [1.82, 2.24) is 16.0 Å². The highest BCUT2D eigenvalue weighted by Gasteiger charge is 2.27. The Bertz CT molecular complexity index is 553. The predicted octanol–water partition coefficient (Wildman–Crippen LogP) is 2.27. The zero-order valence-electron chi connectivity index (χ0n) is 15.5. The number of aliphatic imine (C=N–C) groups is 1. The molecular weight excluding hydrogens is 449 g/mol. The first kappa shape index (κ1) is 22.0. The molecule has 0 unspecified atom stereocenters. The fourth-order valence-electron chi connectivity index (χ4n) is 2.81. The number of nitrogens with one attached hydrogen (secondary N) is 3. The molecular formula is C17H30IN5OS.